The summed E-state index contributed by atoms with van der Waals surface area (Å²) in [5, 5.41) is 2.76. The molecule has 11 heteroatoms. The highest BCUT2D eigenvalue weighted by Crippen LogP contribution is 2.34. The second kappa shape index (κ2) is 9.90. The van der Waals surface area contributed by atoms with Crippen molar-refractivity contribution in [2.24, 2.45) is 11.5 Å². The third kappa shape index (κ3) is 5.83. The Morgan fingerprint density at radius 2 is 2.00 bits per heavy atom. The molecule has 0 fully saturated rings. The maximum absolute atomic E-state index is 11.6. The predicted octanol–water partition coefficient (Wildman–Crippen LogP) is 2.21. The van der Waals surface area contributed by atoms with Crippen LogP contribution >= 0.6 is 23.4 Å². The molecule has 0 unspecified atom stereocenters. The molecule has 1 aromatic heterocycles. The summed E-state index contributed by atoms with van der Waals surface area (Å²) < 4.78 is 10.3. The van der Waals surface area contributed by atoms with Crippen molar-refractivity contribution in [1.82, 2.24) is 4.98 Å². The summed E-state index contributed by atoms with van der Waals surface area (Å²) in [6.45, 7) is 0.325. The quantitative estimate of drug-likeness (QED) is 0.356. The van der Waals surface area contributed by atoms with Gasteiger partial charge in [-0.05, 0) is 24.3 Å². The average Bonchev–Trinajstić information content (AvgIpc) is 3.05. The van der Waals surface area contributed by atoms with E-state index in [4.69, 9.17) is 27.8 Å². The van der Waals surface area contributed by atoms with Gasteiger partial charge in [0.2, 0.25) is 0 Å². The number of hydrogen-bond acceptors (Lipinski definition) is 6. The zero-order valence-electron chi connectivity index (χ0n) is 14.9. The van der Waals surface area contributed by atoms with Gasteiger partial charge in [-0.2, -0.15) is 0 Å². The molecule has 0 aliphatic carbocycles. The van der Waals surface area contributed by atoms with Gasteiger partial charge in [-0.25, -0.2) is 4.79 Å². The van der Waals surface area contributed by atoms with E-state index in [9.17, 15) is 14.4 Å². The number of primary amides is 2. The van der Waals surface area contributed by atoms with Crippen molar-refractivity contribution in [3.05, 3.63) is 34.9 Å². The van der Waals surface area contributed by atoms with Crippen molar-refractivity contribution in [2.75, 3.05) is 30.5 Å². The molecule has 2 aromatic rings. The van der Waals surface area contributed by atoms with Crippen molar-refractivity contribution in [2.45, 2.75) is 0 Å². The highest BCUT2D eigenvalue weighted by molar-refractivity contribution is 7.99. The fourth-order valence-electron chi connectivity index (χ4n) is 2.28. The minimum absolute atomic E-state index is 0.0633. The standard InChI is InChI=1S/C17H19ClN4O5S/c1-26-14(23)8-28-5-4-27-13-3-2-9(18)6-10(13)12-7-11(15(19)24)16(21-12)22-17(20)25/h2-3,6-7,21H,4-5,8H2,1H3,(H2,19,24)(H3,20,22,25). The van der Waals surface area contributed by atoms with Crippen molar-refractivity contribution in [3.63, 3.8) is 0 Å². The highest BCUT2D eigenvalue weighted by Gasteiger charge is 2.18. The van der Waals surface area contributed by atoms with E-state index >= 15 is 0 Å². The van der Waals surface area contributed by atoms with E-state index in [0.29, 0.717) is 34.4 Å². The Balaban J connectivity index is 2.21. The molecule has 1 heterocycles. The van der Waals surface area contributed by atoms with Crippen LogP contribution < -0.4 is 21.5 Å². The maximum Gasteiger partial charge on any atom is 0.317 e. The number of amides is 3. The number of H-pyrrole nitrogens is 1. The molecule has 0 spiro atoms. The molecule has 0 radical (unpaired) electrons. The van der Waals surface area contributed by atoms with Crippen molar-refractivity contribution < 1.29 is 23.9 Å². The van der Waals surface area contributed by atoms with E-state index in [-0.39, 0.29) is 23.1 Å². The highest BCUT2D eigenvalue weighted by atomic mass is 35.5. The number of thioether (sulfide) groups is 1. The topological polar surface area (TPSA) is 150 Å². The number of halogens is 1. The van der Waals surface area contributed by atoms with E-state index in [1.54, 1.807) is 18.2 Å². The van der Waals surface area contributed by atoms with Crippen molar-refractivity contribution >= 4 is 47.1 Å². The fraction of sp³-hybridized carbons (Fsp3) is 0.235. The van der Waals surface area contributed by atoms with Crippen LogP contribution in [0.25, 0.3) is 11.3 Å². The summed E-state index contributed by atoms with van der Waals surface area (Å²) in [5.41, 5.74) is 11.5. The molecule has 2 rings (SSSR count). The summed E-state index contributed by atoms with van der Waals surface area (Å²) in [4.78, 5) is 36.8. The number of hydrogen-bond donors (Lipinski definition) is 4. The van der Waals surface area contributed by atoms with Gasteiger partial charge in [0.1, 0.15) is 11.6 Å². The first-order chi connectivity index (χ1) is 13.3. The van der Waals surface area contributed by atoms with Crippen LogP contribution in [0.5, 0.6) is 5.75 Å². The molecule has 0 bridgehead atoms. The molecule has 0 aliphatic rings. The minimum Gasteiger partial charge on any atom is -0.492 e. The third-order valence-electron chi connectivity index (χ3n) is 3.50. The number of nitrogens with two attached hydrogens (primary N) is 2. The lowest BCUT2D eigenvalue weighted by Gasteiger charge is -2.11. The van der Waals surface area contributed by atoms with Gasteiger partial charge >= 0.3 is 12.0 Å². The van der Waals surface area contributed by atoms with Crippen LogP contribution in [-0.4, -0.2) is 48.1 Å². The van der Waals surface area contributed by atoms with E-state index < -0.39 is 11.9 Å². The van der Waals surface area contributed by atoms with Gasteiger partial charge in [-0.1, -0.05) is 11.6 Å². The molecule has 3 amide bonds. The lowest BCUT2D eigenvalue weighted by Crippen LogP contribution is -2.22. The van der Waals surface area contributed by atoms with Gasteiger partial charge in [0.05, 0.1) is 30.7 Å². The fourth-order valence-corrected chi connectivity index (χ4v) is 3.08. The van der Waals surface area contributed by atoms with E-state index in [1.807, 2.05) is 0 Å². The van der Waals surface area contributed by atoms with Crippen LogP contribution in [0, 0.1) is 0 Å². The van der Waals surface area contributed by atoms with E-state index in [2.05, 4.69) is 15.0 Å². The number of carbonyl (C=O) groups excluding carboxylic acids is 3. The number of carbonyl (C=O) groups is 3. The van der Waals surface area contributed by atoms with Gasteiger partial charge in [-0.3, -0.25) is 14.9 Å². The second-order valence-electron chi connectivity index (χ2n) is 5.44. The molecular formula is C17H19ClN4O5S. The smallest absolute Gasteiger partial charge is 0.317 e. The Hall–Kier alpha value is -2.85. The van der Waals surface area contributed by atoms with Gasteiger partial charge < -0.3 is 25.9 Å². The average molecular weight is 427 g/mol. The molecular weight excluding hydrogens is 408 g/mol. The first kappa shape index (κ1) is 21.5. The molecule has 0 aliphatic heterocycles. The Bertz CT molecular complexity index is 886. The molecule has 1 aromatic carbocycles. The number of aromatic amines is 1. The first-order valence-electron chi connectivity index (χ1n) is 7.98. The lowest BCUT2D eigenvalue weighted by atomic mass is 10.1. The number of methoxy groups -OCH3 is 1. The number of rotatable bonds is 9. The van der Waals surface area contributed by atoms with Crippen LogP contribution in [0.1, 0.15) is 10.4 Å². The van der Waals surface area contributed by atoms with Gasteiger partial charge in [0, 0.05) is 16.3 Å². The summed E-state index contributed by atoms with van der Waals surface area (Å²) in [6, 6.07) is 5.60. The summed E-state index contributed by atoms with van der Waals surface area (Å²) in [5.74, 6) is 0.310. The molecule has 150 valence electrons. The van der Waals surface area contributed by atoms with Crippen LogP contribution in [-0.2, 0) is 9.53 Å². The number of aromatic nitrogens is 1. The minimum atomic E-state index is -0.846. The zero-order valence-corrected chi connectivity index (χ0v) is 16.5. The predicted molar refractivity (Wildman–Crippen MR) is 108 cm³/mol. The molecule has 6 N–H and O–H groups in total. The van der Waals surface area contributed by atoms with Crippen LogP contribution in [0.15, 0.2) is 24.3 Å². The van der Waals surface area contributed by atoms with Crippen molar-refractivity contribution in [1.29, 1.82) is 0 Å². The van der Waals surface area contributed by atoms with Crippen LogP contribution in [0.3, 0.4) is 0 Å². The number of nitrogens with one attached hydrogen (secondary N) is 2. The third-order valence-corrected chi connectivity index (χ3v) is 4.63. The normalized spacial score (nSPS) is 10.4. The van der Waals surface area contributed by atoms with Crippen LogP contribution in [0.4, 0.5) is 10.6 Å². The Kier molecular flexibility index (Phi) is 7.59. The summed E-state index contributed by atoms with van der Waals surface area (Å²) in [6.07, 6.45) is 0. The summed E-state index contributed by atoms with van der Waals surface area (Å²) >= 11 is 7.46. The Morgan fingerprint density at radius 3 is 2.64 bits per heavy atom. The zero-order chi connectivity index (χ0) is 20.7. The van der Waals surface area contributed by atoms with Gasteiger partial charge in [0.25, 0.3) is 5.91 Å². The van der Waals surface area contributed by atoms with Gasteiger partial charge in [-0.15, -0.1) is 11.8 Å². The summed E-state index contributed by atoms with van der Waals surface area (Å²) in [7, 11) is 1.33. The number of benzene rings is 1. The molecule has 0 saturated heterocycles. The largest absolute Gasteiger partial charge is 0.492 e. The lowest BCUT2D eigenvalue weighted by molar-refractivity contribution is -0.137. The van der Waals surface area contributed by atoms with Crippen LogP contribution in [0.2, 0.25) is 5.02 Å². The Morgan fingerprint density at radius 1 is 1.25 bits per heavy atom. The number of esters is 1. The number of anilines is 1. The van der Waals surface area contributed by atoms with Gasteiger partial charge in [0.15, 0.2) is 0 Å². The Labute approximate surface area is 170 Å². The molecule has 28 heavy (non-hydrogen) atoms. The number of ether oxygens (including phenoxy) is 2. The molecule has 9 nitrogen and oxygen atoms in total. The molecule has 0 saturated carbocycles. The molecule has 0 atom stereocenters. The maximum atomic E-state index is 11.6. The van der Waals surface area contributed by atoms with Crippen molar-refractivity contribution in [3.8, 4) is 17.0 Å². The SMILES string of the molecule is COC(=O)CSCCOc1ccc(Cl)cc1-c1cc(C(N)=O)c(NC(N)=O)[nH]1. The second-order valence-corrected chi connectivity index (χ2v) is 6.98. The number of urea groups is 1. The first-order valence-corrected chi connectivity index (χ1v) is 9.51. The van der Waals surface area contributed by atoms with E-state index in [1.165, 1.54) is 24.9 Å². The monoisotopic (exact) mass is 426 g/mol. The van der Waals surface area contributed by atoms with E-state index in [0.717, 1.165) is 0 Å².